The predicted molar refractivity (Wildman–Crippen MR) is 99.8 cm³/mol. The summed E-state index contributed by atoms with van der Waals surface area (Å²) in [5.41, 5.74) is 1.02. The van der Waals surface area contributed by atoms with E-state index in [0.29, 0.717) is 18.0 Å². The molecule has 1 aromatic rings. The van der Waals surface area contributed by atoms with Gasteiger partial charge in [0, 0.05) is 5.69 Å². The second kappa shape index (κ2) is 7.09. The highest BCUT2D eigenvalue weighted by molar-refractivity contribution is 6.10. The number of carbonyl (C=O) groups is 3. The van der Waals surface area contributed by atoms with Crippen molar-refractivity contribution in [1.29, 1.82) is 0 Å². The third-order valence-corrected chi connectivity index (χ3v) is 5.66. The molecular formula is C20H27N3O3. The zero-order valence-electron chi connectivity index (χ0n) is 15.7. The van der Waals surface area contributed by atoms with E-state index in [-0.39, 0.29) is 24.3 Å². The van der Waals surface area contributed by atoms with Crippen molar-refractivity contribution in [3.63, 3.8) is 0 Å². The Morgan fingerprint density at radius 3 is 2.58 bits per heavy atom. The van der Waals surface area contributed by atoms with E-state index in [2.05, 4.69) is 24.5 Å². The number of nitrogens with one attached hydrogen (secondary N) is 2. The number of hydrogen-bond acceptors (Lipinski definition) is 3. The standard InChI is InChI=1S/C20H27N3O3/c1-13(2)15-7-9-16(10-8-15)21-17(24)12-23-18(25)20(22-19(23)26)11-5-4-6-14(20)3/h7-10,13-14H,4-6,11-12H2,1-3H3,(H,21,24)(H,22,26)/t14-,20-/m1/s1. The average Bonchev–Trinajstić information content (AvgIpc) is 2.83. The molecule has 1 aliphatic carbocycles. The van der Waals surface area contributed by atoms with Crippen LogP contribution in [0.15, 0.2) is 24.3 Å². The highest BCUT2D eigenvalue weighted by Crippen LogP contribution is 2.38. The van der Waals surface area contributed by atoms with Gasteiger partial charge < -0.3 is 10.6 Å². The smallest absolute Gasteiger partial charge is 0.325 e. The van der Waals surface area contributed by atoms with E-state index >= 15 is 0 Å². The molecule has 1 heterocycles. The van der Waals surface area contributed by atoms with Gasteiger partial charge in [-0.2, -0.15) is 0 Å². The molecule has 0 aromatic heterocycles. The van der Waals surface area contributed by atoms with Crippen molar-refractivity contribution in [3.05, 3.63) is 29.8 Å². The zero-order valence-corrected chi connectivity index (χ0v) is 15.7. The summed E-state index contributed by atoms with van der Waals surface area (Å²) >= 11 is 0. The third-order valence-electron chi connectivity index (χ3n) is 5.66. The van der Waals surface area contributed by atoms with Gasteiger partial charge in [0.2, 0.25) is 5.91 Å². The molecule has 6 heteroatoms. The van der Waals surface area contributed by atoms with E-state index in [1.165, 1.54) is 5.56 Å². The molecule has 2 fully saturated rings. The van der Waals surface area contributed by atoms with Gasteiger partial charge in [-0.15, -0.1) is 0 Å². The molecule has 2 aliphatic rings. The van der Waals surface area contributed by atoms with Crippen LogP contribution in [0, 0.1) is 5.92 Å². The SMILES string of the molecule is CC(C)c1ccc(NC(=O)CN2C(=O)N[C@@]3(CCCC[C@H]3C)C2=O)cc1. The first-order valence-electron chi connectivity index (χ1n) is 9.37. The number of amides is 4. The fourth-order valence-electron chi connectivity index (χ4n) is 3.93. The maximum atomic E-state index is 12.9. The molecule has 1 spiro atoms. The maximum absolute atomic E-state index is 12.9. The summed E-state index contributed by atoms with van der Waals surface area (Å²) in [7, 11) is 0. The molecular weight excluding hydrogens is 330 g/mol. The lowest BCUT2D eigenvalue weighted by atomic mass is 9.73. The van der Waals surface area contributed by atoms with Crippen LogP contribution in [0.1, 0.15) is 57.9 Å². The lowest BCUT2D eigenvalue weighted by molar-refractivity contribution is -0.136. The minimum absolute atomic E-state index is 0.0874. The van der Waals surface area contributed by atoms with Gasteiger partial charge in [-0.1, -0.05) is 45.7 Å². The average molecular weight is 357 g/mol. The van der Waals surface area contributed by atoms with Gasteiger partial charge in [0.1, 0.15) is 12.1 Å². The lowest BCUT2D eigenvalue weighted by Crippen LogP contribution is -2.54. The minimum atomic E-state index is -0.825. The predicted octanol–water partition coefficient (Wildman–Crippen LogP) is 3.25. The summed E-state index contributed by atoms with van der Waals surface area (Å²) < 4.78 is 0. The number of benzene rings is 1. The van der Waals surface area contributed by atoms with Crippen LogP contribution >= 0.6 is 0 Å². The van der Waals surface area contributed by atoms with E-state index in [0.717, 1.165) is 24.2 Å². The van der Waals surface area contributed by atoms with Crippen LogP contribution in [0.2, 0.25) is 0 Å². The Morgan fingerprint density at radius 1 is 1.27 bits per heavy atom. The first kappa shape index (κ1) is 18.4. The Labute approximate surface area is 154 Å². The van der Waals surface area contributed by atoms with Gasteiger partial charge in [-0.25, -0.2) is 4.79 Å². The largest absolute Gasteiger partial charge is 0.325 e. The van der Waals surface area contributed by atoms with Gasteiger partial charge in [0.15, 0.2) is 0 Å². The summed E-state index contributed by atoms with van der Waals surface area (Å²) in [6.45, 7) is 5.95. The molecule has 0 unspecified atom stereocenters. The highest BCUT2D eigenvalue weighted by Gasteiger charge is 2.55. The number of nitrogens with zero attached hydrogens (tertiary/aromatic N) is 1. The van der Waals surface area contributed by atoms with Crippen molar-refractivity contribution in [1.82, 2.24) is 10.2 Å². The molecule has 3 rings (SSSR count). The first-order chi connectivity index (χ1) is 12.3. The quantitative estimate of drug-likeness (QED) is 0.812. The Kier molecular flexibility index (Phi) is 5.03. The molecule has 2 atom stereocenters. The van der Waals surface area contributed by atoms with Crippen LogP contribution in [0.25, 0.3) is 0 Å². The highest BCUT2D eigenvalue weighted by atomic mass is 16.2. The van der Waals surface area contributed by atoms with Crippen LogP contribution < -0.4 is 10.6 Å². The summed E-state index contributed by atoms with van der Waals surface area (Å²) in [6.07, 6.45) is 3.54. The molecule has 1 saturated heterocycles. The molecule has 26 heavy (non-hydrogen) atoms. The number of carbonyl (C=O) groups excluding carboxylic acids is 3. The zero-order chi connectivity index (χ0) is 18.9. The molecule has 4 amide bonds. The number of imide groups is 1. The lowest BCUT2D eigenvalue weighted by Gasteiger charge is -2.36. The third kappa shape index (κ3) is 3.32. The fraction of sp³-hybridized carbons (Fsp3) is 0.550. The van der Waals surface area contributed by atoms with Crippen molar-refractivity contribution in [2.24, 2.45) is 5.92 Å². The Balaban J connectivity index is 1.65. The van der Waals surface area contributed by atoms with Crippen LogP contribution in [0.3, 0.4) is 0 Å². The number of urea groups is 1. The van der Waals surface area contributed by atoms with E-state index in [9.17, 15) is 14.4 Å². The topological polar surface area (TPSA) is 78.5 Å². The number of anilines is 1. The van der Waals surface area contributed by atoms with Crippen molar-refractivity contribution in [2.45, 2.75) is 57.9 Å². The van der Waals surface area contributed by atoms with E-state index in [1.807, 2.05) is 31.2 Å². The molecule has 1 aromatic carbocycles. The first-order valence-corrected chi connectivity index (χ1v) is 9.37. The molecule has 1 aliphatic heterocycles. The monoisotopic (exact) mass is 357 g/mol. The summed E-state index contributed by atoms with van der Waals surface area (Å²) in [5.74, 6) is -0.130. The molecule has 2 N–H and O–H groups in total. The Hall–Kier alpha value is -2.37. The Morgan fingerprint density at radius 2 is 1.96 bits per heavy atom. The van der Waals surface area contributed by atoms with Crippen LogP contribution in [0.4, 0.5) is 10.5 Å². The molecule has 0 bridgehead atoms. The van der Waals surface area contributed by atoms with E-state index < -0.39 is 11.6 Å². The van der Waals surface area contributed by atoms with Crippen LogP contribution in [-0.2, 0) is 9.59 Å². The molecule has 140 valence electrons. The number of hydrogen-bond donors (Lipinski definition) is 2. The molecule has 0 radical (unpaired) electrons. The molecule has 6 nitrogen and oxygen atoms in total. The minimum Gasteiger partial charge on any atom is -0.325 e. The van der Waals surface area contributed by atoms with Crippen molar-refractivity contribution >= 4 is 23.5 Å². The van der Waals surface area contributed by atoms with Crippen molar-refractivity contribution < 1.29 is 14.4 Å². The van der Waals surface area contributed by atoms with Gasteiger partial charge in [-0.05, 0) is 42.4 Å². The second-order valence-corrected chi connectivity index (χ2v) is 7.76. The summed E-state index contributed by atoms with van der Waals surface area (Å²) in [5, 5.41) is 5.63. The van der Waals surface area contributed by atoms with Crippen molar-refractivity contribution in [2.75, 3.05) is 11.9 Å². The van der Waals surface area contributed by atoms with E-state index in [4.69, 9.17) is 0 Å². The van der Waals surface area contributed by atoms with Gasteiger partial charge >= 0.3 is 6.03 Å². The van der Waals surface area contributed by atoms with Crippen LogP contribution in [-0.4, -0.2) is 34.8 Å². The second-order valence-electron chi connectivity index (χ2n) is 7.76. The molecule has 1 saturated carbocycles. The maximum Gasteiger partial charge on any atom is 0.325 e. The fourth-order valence-corrected chi connectivity index (χ4v) is 3.93. The van der Waals surface area contributed by atoms with Crippen molar-refractivity contribution in [3.8, 4) is 0 Å². The van der Waals surface area contributed by atoms with Gasteiger partial charge in [0.25, 0.3) is 5.91 Å². The summed E-state index contributed by atoms with van der Waals surface area (Å²) in [4.78, 5) is 38.6. The van der Waals surface area contributed by atoms with Crippen LogP contribution in [0.5, 0.6) is 0 Å². The van der Waals surface area contributed by atoms with Gasteiger partial charge in [-0.3, -0.25) is 14.5 Å². The summed E-state index contributed by atoms with van der Waals surface area (Å²) in [6, 6.07) is 7.14. The Bertz CT molecular complexity index is 714. The van der Waals surface area contributed by atoms with Gasteiger partial charge in [0.05, 0.1) is 0 Å². The van der Waals surface area contributed by atoms with E-state index in [1.54, 1.807) is 0 Å². The normalized spacial score (nSPS) is 25.7. The number of rotatable bonds is 4.